The van der Waals surface area contributed by atoms with Crippen molar-refractivity contribution in [2.75, 3.05) is 0 Å². The largest absolute Gasteiger partial charge is 0.388 e. The van der Waals surface area contributed by atoms with Crippen molar-refractivity contribution >= 4 is 11.8 Å². The molecular weight excluding hydrogens is 360 g/mol. The maximum Gasteiger partial charge on any atom is 0.292 e. The summed E-state index contributed by atoms with van der Waals surface area (Å²) in [7, 11) is 0. The number of nitrogens with one attached hydrogen (secondary N) is 2. The SMILES string of the molecule is N#COc1ccc(CC2NC(=O)C(Cc3ccc(OC#N)cc3)NC2=O)cc1. The van der Waals surface area contributed by atoms with E-state index in [1.54, 1.807) is 61.0 Å². The number of ether oxygens (including phenoxy) is 2. The fourth-order valence-electron chi connectivity index (χ4n) is 2.93. The average molecular weight is 376 g/mol. The molecule has 1 saturated heterocycles. The number of amides is 2. The zero-order chi connectivity index (χ0) is 19.9. The van der Waals surface area contributed by atoms with Gasteiger partial charge < -0.3 is 20.1 Å². The quantitative estimate of drug-likeness (QED) is 0.730. The zero-order valence-electron chi connectivity index (χ0n) is 14.7. The van der Waals surface area contributed by atoms with Gasteiger partial charge in [-0.2, -0.15) is 0 Å². The Morgan fingerprint density at radius 2 is 1.07 bits per heavy atom. The first-order chi connectivity index (χ1) is 13.6. The Morgan fingerprint density at radius 3 is 1.39 bits per heavy atom. The van der Waals surface area contributed by atoms with Gasteiger partial charge in [-0.25, -0.2) is 0 Å². The molecule has 2 N–H and O–H groups in total. The van der Waals surface area contributed by atoms with E-state index in [4.69, 9.17) is 20.0 Å². The van der Waals surface area contributed by atoms with Crippen LogP contribution in [-0.2, 0) is 22.4 Å². The second-order valence-corrected chi connectivity index (χ2v) is 6.21. The molecule has 0 aromatic heterocycles. The van der Waals surface area contributed by atoms with Gasteiger partial charge in [0.15, 0.2) is 0 Å². The monoisotopic (exact) mass is 376 g/mol. The molecule has 2 aromatic rings. The van der Waals surface area contributed by atoms with E-state index in [9.17, 15) is 9.59 Å². The molecule has 1 aliphatic heterocycles. The van der Waals surface area contributed by atoms with Crippen LogP contribution in [0.4, 0.5) is 0 Å². The number of carbonyl (C=O) groups is 2. The van der Waals surface area contributed by atoms with Crippen molar-refractivity contribution in [3.63, 3.8) is 0 Å². The third-order valence-electron chi connectivity index (χ3n) is 4.32. The maximum absolute atomic E-state index is 12.4. The molecule has 1 heterocycles. The molecule has 2 unspecified atom stereocenters. The Labute approximate surface area is 161 Å². The number of benzene rings is 2. The molecule has 0 spiro atoms. The lowest BCUT2D eigenvalue weighted by Crippen LogP contribution is -2.62. The molecule has 2 atom stereocenters. The van der Waals surface area contributed by atoms with E-state index in [1.165, 1.54) is 0 Å². The summed E-state index contributed by atoms with van der Waals surface area (Å²) in [5.41, 5.74) is 1.66. The summed E-state index contributed by atoms with van der Waals surface area (Å²) < 4.78 is 9.43. The highest BCUT2D eigenvalue weighted by atomic mass is 16.5. The lowest BCUT2D eigenvalue weighted by Gasteiger charge is -2.29. The van der Waals surface area contributed by atoms with Gasteiger partial charge in [0.1, 0.15) is 23.6 Å². The van der Waals surface area contributed by atoms with Crippen LogP contribution in [0.25, 0.3) is 0 Å². The zero-order valence-corrected chi connectivity index (χ0v) is 14.7. The minimum Gasteiger partial charge on any atom is -0.388 e. The van der Waals surface area contributed by atoms with Gasteiger partial charge >= 0.3 is 0 Å². The normalized spacial score (nSPS) is 18.2. The molecule has 0 aliphatic carbocycles. The maximum atomic E-state index is 12.4. The molecule has 28 heavy (non-hydrogen) atoms. The molecule has 3 rings (SSSR count). The van der Waals surface area contributed by atoms with Crippen molar-refractivity contribution in [2.45, 2.75) is 24.9 Å². The molecule has 2 aromatic carbocycles. The van der Waals surface area contributed by atoms with E-state index in [-0.39, 0.29) is 11.8 Å². The Morgan fingerprint density at radius 1 is 0.714 bits per heavy atom. The molecular formula is C20H16N4O4. The first-order valence-corrected chi connectivity index (χ1v) is 8.49. The third-order valence-corrected chi connectivity index (χ3v) is 4.32. The van der Waals surface area contributed by atoms with E-state index < -0.39 is 12.1 Å². The smallest absolute Gasteiger partial charge is 0.292 e. The van der Waals surface area contributed by atoms with E-state index >= 15 is 0 Å². The molecule has 0 bridgehead atoms. The van der Waals surface area contributed by atoms with Crippen LogP contribution in [0.15, 0.2) is 48.5 Å². The highest BCUT2D eigenvalue weighted by molar-refractivity contribution is 5.97. The average Bonchev–Trinajstić information content (AvgIpc) is 2.69. The van der Waals surface area contributed by atoms with Gasteiger partial charge in [0.2, 0.25) is 11.8 Å². The summed E-state index contributed by atoms with van der Waals surface area (Å²) in [6.07, 6.45) is 3.84. The first kappa shape index (κ1) is 18.7. The van der Waals surface area contributed by atoms with Crippen LogP contribution < -0.4 is 20.1 Å². The highest BCUT2D eigenvalue weighted by Crippen LogP contribution is 2.16. The number of nitriles is 2. The summed E-state index contributed by atoms with van der Waals surface area (Å²) in [5, 5.41) is 22.5. The van der Waals surface area contributed by atoms with Crippen LogP contribution in [-0.4, -0.2) is 23.9 Å². The van der Waals surface area contributed by atoms with Gasteiger partial charge in [0, 0.05) is 12.8 Å². The van der Waals surface area contributed by atoms with E-state index in [1.807, 2.05) is 0 Å². The lowest BCUT2D eigenvalue weighted by atomic mass is 9.98. The molecule has 8 heteroatoms. The van der Waals surface area contributed by atoms with Gasteiger partial charge in [0.05, 0.1) is 0 Å². The van der Waals surface area contributed by atoms with Gasteiger partial charge in [0.25, 0.3) is 12.5 Å². The number of carbonyl (C=O) groups excluding carboxylic acids is 2. The fourth-order valence-corrected chi connectivity index (χ4v) is 2.93. The minimum absolute atomic E-state index is 0.258. The Bertz CT molecular complexity index is 863. The van der Waals surface area contributed by atoms with Gasteiger partial charge in [-0.05, 0) is 35.4 Å². The second kappa shape index (κ2) is 8.56. The van der Waals surface area contributed by atoms with Gasteiger partial charge in [-0.3, -0.25) is 9.59 Å². The van der Waals surface area contributed by atoms with Crippen molar-refractivity contribution in [1.29, 1.82) is 10.5 Å². The number of rotatable bonds is 6. The van der Waals surface area contributed by atoms with Crippen LogP contribution in [0.2, 0.25) is 0 Å². The molecule has 140 valence electrons. The van der Waals surface area contributed by atoms with E-state index in [0.29, 0.717) is 24.3 Å². The number of hydrogen-bond donors (Lipinski definition) is 2. The number of piperazine rings is 1. The van der Waals surface area contributed by atoms with Crippen molar-refractivity contribution in [3.8, 4) is 24.0 Å². The molecule has 1 aliphatic rings. The van der Waals surface area contributed by atoms with Crippen LogP contribution in [0, 0.1) is 23.0 Å². The van der Waals surface area contributed by atoms with Gasteiger partial charge in [-0.1, -0.05) is 24.3 Å². The predicted octanol–water partition coefficient (Wildman–Crippen LogP) is 1.17. The van der Waals surface area contributed by atoms with Crippen LogP contribution >= 0.6 is 0 Å². The molecule has 0 saturated carbocycles. The van der Waals surface area contributed by atoms with Crippen molar-refractivity contribution in [3.05, 3.63) is 59.7 Å². The van der Waals surface area contributed by atoms with E-state index in [0.717, 1.165) is 11.1 Å². The topological polar surface area (TPSA) is 124 Å². The predicted molar refractivity (Wildman–Crippen MR) is 96.6 cm³/mol. The Kier molecular flexibility index (Phi) is 5.73. The van der Waals surface area contributed by atoms with Crippen molar-refractivity contribution in [2.24, 2.45) is 0 Å². The lowest BCUT2D eigenvalue weighted by molar-refractivity contribution is -0.136. The summed E-state index contributed by atoms with van der Waals surface area (Å²) in [5.74, 6) is 0.307. The summed E-state index contributed by atoms with van der Waals surface area (Å²) in [6, 6.07) is 12.1. The fraction of sp³-hybridized carbons (Fsp3) is 0.200. The second-order valence-electron chi connectivity index (χ2n) is 6.21. The first-order valence-electron chi connectivity index (χ1n) is 8.49. The standard InChI is InChI=1S/C20H16N4O4/c21-11-27-15-5-1-13(2-6-15)9-17-19(25)24-18(20(26)23-17)10-14-3-7-16(8-4-14)28-12-22/h1-8,17-18H,9-10H2,(H,23,26)(H,24,25). The Balaban J connectivity index is 1.59. The van der Waals surface area contributed by atoms with Crippen LogP contribution in [0.1, 0.15) is 11.1 Å². The third kappa shape index (κ3) is 4.57. The number of nitrogens with zero attached hydrogens (tertiary/aromatic N) is 2. The molecule has 0 radical (unpaired) electrons. The molecule has 8 nitrogen and oxygen atoms in total. The highest BCUT2D eigenvalue weighted by Gasteiger charge is 2.33. The summed E-state index contributed by atoms with van der Waals surface area (Å²) >= 11 is 0. The summed E-state index contributed by atoms with van der Waals surface area (Å²) in [4.78, 5) is 24.8. The van der Waals surface area contributed by atoms with Crippen LogP contribution in [0.5, 0.6) is 11.5 Å². The number of hydrogen-bond acceptors (Lipinski definition) is 6. The van der Waals surface area contributed by atoms with E-state index in [2.05, 4.69) is 10.6 Å². The summed E-state index contributed by atoms with van der Waals surface area (Å²) in [6.45, 7) is 0. The molecule has 2 amide bonds. The van der Waals surface area contributed by atoms with Crippen LogP contribution in [0.3, 0.4) is 0 Å². The van der Waals surface area contributed by atoms with Gasteiger partial charge in [-0.15, -0.1) is 10.5 Å². The van der Waals surface area contributed by atoms with Crippen molar-refractivity contribution in [1.82, 2.24) is 10.6 Å². The van der Waals surface area contributed by atoms with Crippen molar-refractivity contribution < 1.29 is 19.1 Å². The molecule has 1 fully saturated rings. The Hall–Kier alpha value is -4.04. The minimum atomic E-state index is -0.669.